The van der Waals surface area contributed by atoms with Gasteiger partial charge in [-0.05, 0) is 81.1 Å². The molecule has 1 aromatic heterocycles. The summed E-state index contributed by atoms with van der Waals surface area (Å²) in [5.41, 5.74) is 2.25. The zero-order valence-electron chi connectivity index (χ0n) is 28.0. The Balaban J connectivity index is 1.43. The molecule has 2 aromatic rings. The van der Waals surface area contributed by atoms with Crippen molar-refractivity contribution in [3.05, 3.63) is 54.3 Å². The van der Waals surface area contributed by atoms with Crippen LogP contribution in [0.5, 0.6) is 5.75 Å². The van der Waals surface area contributed by atoms with Crippen molar-refractivity contribution in [2.24, 2.45) is 0 Å². The van der Waals surface area contributed by atoms with Crippen molar-refractivity contribution in [1.29, 1.82) is 0 Å². The third-order valence-electron chi connectivity index (χ3n) is 9.81. The van der Waals surface area contributed by atoms with Crippen molar-refractivity contribution in [1.82, 2.24) is 9.88 Å². The molecule has 1 aliphatic heterocycles. The molecule has 1 saturated heterocycles. The van der Waals surface area contributed by atoms with Crippen molar-refractivity contribution < 1.29 is 9.53 Å². The van der Waals surface area contributed by atoms with Gasteiger partial charge < -0.3 is 14.6 Å². The Morgan fingerprint density at radius 1 is 0.905 bits per heavy atom. The van der Waals surface area contributed by atoms with E-state index in [0.29, 0.717) is 12.2 Å². The second-order valence-corrected chi connectivity index (χ2v) is 14.2. The molecule has 0 radical (unpaired) electrons. The third-order valence-corrected chi connectivity index (χ3v) is 9.81. The number of fused-ring (bicyclic) bond motifs is 1. The van der Waals surface area contributed by atoms with Crippen LogP contribution in [0.3, 0.4) is 0 Å². The lowest BCUT2D eigenvalue weighted by atomic mass is 9.31. The molecular weight excluding hydrogens is 509 g/mol. The van der Waals surface area contributed by atoms with Gasteiger partial charge in [0.05, 0.1) is 0 Å². The van der Waals surface area contributed by atoms with Crippen molar-refractivity contribution in [3.8, 4) is 5.75 Å². The molecule has 222 valence electrons. The Labute approximate surface area is 262 Å². The fourth-order valence-electron chi connectivity index (χ4n) is 6.31. The number of H-pyrrole nitrogens is 1. The van der Waals surface area contributed by atoms with Crippen LogP contribution in [-0.4, -0.2) is 81.4 Å². The average molecular weight is 564 g/mol. The second-order valence-electron chi connectivity index (χ2n) is 14.2. The lowest BCUT2D eigenvalue weighted by molar-refractivity contribution is -0.134. The van der Waals surface area contributed by atoms with Gasteiger partial charge in [0.1, 0.15) is 52.8 Å². The molecule has 0 saturated carbocycles. The lowest BCUT2D eigenvalue weighted by Gasteiger charge is -2.49. The first kappa shape index (κ1) is 34.5. The fraction of sp³-hybridized carbons (Fsp3) is 0.594. The Kier molecular flexibility index (Phi) is 13.3. The van der Waals surface area contributed by atoms with Crippen LogP contribution < -0.4 is 4.74 Å². The molecular formula is C32H54B6N2O2. The number of esters is 1. The van der Waals surface area contributed by atoms with Gasteiger partial charge in [-0.15, -0.1) is 0 Å². The van der Waals surface area contributed by atoms with Crippen LogP contribution in [0.15, 0.2) is 48.7 Å². The maximum Gasteiger partial charge on any atom is 0.311 e. The molecule has 0 amide bonds. The third kappa shape index (κ3) is 9.53. The quantitative estimate of drug-likeness (QED) is 0.0996. The number of aromatic amines is 1. The highest BCUT2D eigenvalue weighted by molar-refractivity contribution is 6.54. The first-order valence-corrected chi connectivity index (χ1v) is 16.9. The summed E-state index contributed by atoms with van der Waals surface area (Å²) in [6.07, 6.45) is 26.3. The smallest absolute Gasteiger partial charge is 0.311 e. The summed E-state index contributed by atoms with van der Waals surface area (Å²) in [7, 11) is 13.9. The van der Waals surface area contributed by atoms with Gasteiger partial charge in [-0.2, -0.15) is 0 Å². The van der Waals surface area contributed by atoms with E-state index in [1.807, 2.05) is 12.1 Å². The van der Waals surface area contributed by atoms with E-state index in [1.54, 1.807) is 0 Å². The van der Waals surface area contributed by atoms with E-state index in [2.05, 4.69) is 100 Å². The molecule has 0 atom stereocenters. The van der Waals surface area contributed by atoms with Crippen LogP contribution in [0.4, 0.5) is 0 Å². The molecule has 3 rings (SSSR count). The van der Waals surface area contributed by atoms with Crippen LogP contribution in [0.1, 0.15) is 96.0 Å². The number of rotatable bonds is 18. The predicted molar refractivity (Wildman–Crippen MR) is 198 cm³/mol. The second kappa shape index (κ2) is 16.2. The average Bonchev–Trinajstić information content (AvgIpc) is 3.64. The molecule has 10 heteroatoms. The Morgan fingerprint density at radius 2 is 1.52 bits per heavy atom. The molecule has 0 unspecified atom stereocenters. The Hall–Kier alpha value is -1.94. The minimum Gasteiger partial charge on any atom is -0.426 e. The number of nitrogens with one attached hydrogen (secondary N) is 1. The van der Waals surface area contributed by atoms with Gasteiger partial charge >= 0.3 is 5.97 Å². The molecule has 0 aliphatic carbocycles. The minimum absolute atomic E-state index is 0.0212. The standard InChI is InChI=1S/C32H54B6N2O2/c1-2-3-4-9-12-20-30(33,34)21-13-10-7-5-6-8-11-19-28(41)42-27-18-16-17-26-29(27)25(24-39-26)31(35,36)32(37,38)40-22-14-15-23-40/h12-13,16-18,20-21,24,39H,2-11,14-15,19,22-23,33-38H2,1H3/b20-12-,21-13-. The summed E-state index contributed by atoms with van der Waals surface area (Å²) < 4.78 is 6.01. The van der Waals surface area contributed by atoms with Crippen LogP contribution >= 0.6 is 0 Å². The number of unbranched alkanes of at least 4 members (excludes halogenated alkanes) is 8. The SMILES string of the molecule is BC(B)(/C=C\CCCCC)/C=C\CCCCCCCC(=O)Oc1cccc2[nH]cc(C(B)(B)C(B)(B)N3CCCC3)c12. The summed E-state index contributed by atoms with van der Waals surface area (Å²) in [4.78, 5) is 19.0. The number of hydrogen-bond acceptors (Lipinski definition) is 3. The van der Waals surface area contributed by atoms with Crippen LogP contribution in [0.25, 0.3) is 10.9 Å². The monoisotopic (exact) mass is 564 g/mol. The molecule has 2 heterocycles. The van der Waals surface area contributed by atoms with Crippen molar-refractivity contribution in [2.45, 2.75) is 106 Å². The number of hydrogen-bond donors (Lipinski definition) is 1. The van der Waals surface area contributed by atoms with E-state index in [-0.39, 0.29) is 21.7 Å². The summed E-state index contributed by atoms with van der Waals surface area (Å²) in [6.45, 7) is 4.54. The lowest BCUT2D eigenvalue weighted by Crippen LogP contribution is -2.64. The molecule has 42 heavy (non-hydrogen) atoms. The van der Waals surface area contributed by atoms with Crippen molar-refractivity contribution in [2.75, 3.05) is 13.1 Å². The molecule has 1 N–H and O–H groups in total. The zero-order valence-corrected chi connectivity index (χ0v) is 28.0. The number of nitrogens with zero attached hydrogens (tertiary/aromatic N) is 1. The van der Waals surface area contributed by atoms with Gasteiger partial charge in [-0.25, -0.2) is 0 Å². The summed E-state index contributed by atoms with van der Waals surface area (Å²) in [6, 6.07) is 6.01. The number of carbonyl (C=O) groups excluding carboxylic acids is 1. The van der Waals surface area contributed by atoms with E-state index in [0.717, 1.165) is 43.3 Å². The number of allylic oxidation sites excluding steroid dienone is 4. The van der Waals surface area contributed by atoms with Crippen LogP contribution in [0.2, 0.25) is 5.21 Å². The van der Waals surface area contributed by atoms with E-state index >= 15 is 0 Å². The summed E-state index contributed by atoms with van der Waals surface area (Å²) in [5, 5.41) is 1.03. The minimum atomic E-state index is -0.131. The first-order valence-electron chi connectivity index (χ1n) is 16.9. The van der Waals surface area contributed by atoms with E-state index < -0.39 is 0 Å². The number of ether oxygens (including phenoxy) is 1. The Bertz CT molecular complexity index is 1180. The fourth-order valence-corrected chi connectivity index (χ4v) is 6.31. The topological polar surface area (TPSA) is 45.3 Å². The molecule has 1 aromatic carbocycles. The van der Waals surface area contributed by atoms with Crippen LogP contribution in [-0.2, 0) is 10.0 Å². The normalized spacial score (nSPS) is 15.4. The summed E-state index contributed by atoms with van der Waals surface area (Å²) >= 11 is 0. The van der Waals surface area contributed by atoms with Gasteiger partial charge in [-0.3, -0.25) is 4.79 Å². The molecule has 4 nitrogen and oxygen atoms in total. The van der Waals surface area contributed by atoms with E-state index in [4.69, 9.17) is 4.74 Å². The molecule has 0 spiro atoms. The van der Waals surface area contributed by atoms with E-state index in [1.165, 1.54) is 63.4 Å². The molecule has 0 bridgehead atoms. The summed E-state index contributed by atoms with van der Waals surface area (Å²) in [5.74, 6) is 0.559. The highest BCUT2D eigenvalue weighted by atomic mass is 16.5. The maximum atomic E-state index is 12.9. The predicted octanol–water partition coefficient (Wildman–Crippen LogP) is 2.31. The van der Waals surface area contributed by atoms with Crippen LogP contribution in [0, 0.1) is 0 Å². The number of aromatic nitrogens is 1. The van der Waals surface area contributed by atoms with Gasteiger partial charge in [0.25, 0.3) is 0 Å². The van der Waals surface area contributed by atoms with Gasteiger partial charge in [-0.1, -0.05) is 79.8 Å². The highest BCUT2D eigenvalue weighted by Crippen LogP contribution is 2.40. The molecule has 1 fully saturated rings. The first-order chi connectivity index (χ1) is 20.0. The van der Waals surface area contributed by atoms with Gasteiger partial charge in [0.2, 0.25) is 0 Å². The van der Waals surface area contributed by atoms with Gasteiger partial charge in [0.15, 0.2) is 0 Å². The number of benzene rings is 1. The molecule has 1 aliphatic rings. The van der Waals surface area contributed by atoms with Crippen molar-refractivity contribution in [3.63, 3.8) is 0 Å². The number of carbonyl (C=O) groups is 1. The Morgan fingerprint density at radius 3 is 2.19 bits per heavy atom. The van der Waals surface area contributed by atoms with E-state index in [9.17, 15) is 4.79 Å². The van der Waals surface area contributed by atoms with Crippen molar-refractivity contribution >= 4 is 63.9 Å². The van der Waals surface area contributed by atoms with Gasteiger partial charge in [0, 0.05) is 23.5 Å². The maximum absolute atomic E-state index is 12.9. The largest absolute Gasteiger partial charge is 0.426 e. The highest BCUT2D eigenvalue weighted by Gasteiger charge is 2.44. The zero-order chi connectivity index (χ0) is 30.6. The number of likely N-dealkylation sites (tertiary alicyclic amines) is 1.